The minimum atomic E-state index is -5.39. The number of rotatable bonds is 15. The van der Waals surface area contributed by atoms with E-state index in [9.17, 15) is 48.5 Å². The molecule has 0 aliphatic carbocycles. The van der Waals surface area contributed by atoms with E-state index < -0.39 is 48.3 Å². The third-order valence-electron chi connectivity index (χ3n) is 8.47. The van der Waals surface area contributed by atoms with Crippen LogP contribution >= 0.6 is 0 Å². The van der Waals surface area contributed by atoms with Crippen molar-refractivity contribution in [2.24, 2.45) is 0 Å². The van der Waals surface area contributed by atoms with Crippen LogP contribution in [0.4, 0.5) is 0 Å². The van der Waals surface area contributed by atoms with Crippen molar-refractivity contribution in [2.75, 3.05) is 0 Å². The molecule has 306 valence electrons. The maximum atomic E-state index is 13.9. The average Bonchev–Trinajstić information content (AvgIpc) is 3.60. The van der Waals surface area contributed by atoms with Crippen LogP contribution in [0.2, 0.25) is 0 Å². The van der Waals surface area contributed by atoms with Crippen LogP contribution in [-0.4, -0.2) is 73.0 Å². The Balaban J connectivity index is 0.00000282. The zero-order valence-corrected chi connectivity index (χ0v) is 41.3. The molecule has 0 N–H and O–H groups in total. The number of aromatic nitrogens is 7. The molecule has 4 aromatic carbocycles. The molecule has 0 saturated carbocycles. The van der Waals surface area contributed by atoms with E-state index in [0.717, 1.165) is 16.7 Å². The first-order valence-corrected chi connectivity index (χ1v) is 21.0. The molecule has 0 amide bonds. The molecule has 21 nitrogen and oxygen atoms in total. The molecule has 3 heterocycles. The van der Waals surface area contributed by atoms with Gasteiger partial charge in [0.1, 0.15) is 34.6 Å². The minimum absolute atomic E-state index is 0. The number of hydrogen-bond donors (Lipinski definition) is 0. The second-order valence-electron chi connectivity index (χ2n) is 12.6. The van der Waals surface area contributed by atoms with Gasteiger partial charge in [-0.1, -0.05) is 41.6 Å². The minimum Gasteiger partial charge on any atom is -0.716 e. The first kappa shape index (κ1) is 51.1. The molecule has 0 aliphatic heterocycles. The van der Waals surface area contributed by atoms with Crippen molar-refractivity contribution in [1.29, 1.82) is 0 Å². The Morgan fingerprint density at radius 1 is 0.548 bits per heavy atom. The summed E-state index contributed by atoms with van der Waals surface area (Å²) in [6, 6.07) is 21.1. The standard InChI is InChI=1S/C35H29N7O14S3.3Na/c43-34-28-10-1-3-12-30(28)36-32(22-8-7-9-25(16-22)54-57(45,46)47)41(34)15-6-5-14-40-20-24(38-39-40)21-42-33(37-31-13-4-2-11-29(31)35(42)44)23-17-26(55-58(48,49)50)19-27(18-23)56-59(51,52)53;;;/h1-4,7-13,16-20H,5-6,14-15,21H2,(H,45,46,47)(H,48,49,50)(H,51,52,53);;;/q;3*+1/p-3. The molecular weight excluding hydrogens is 908 g/mol. The fourth-order valence-electron chi connectivity index (χ4n) is 6.19. The predicted molar refractivity (Wildman–Crippen MR) is 202 cm³/mol. The van der Waals surface area contributed by atoms with Gasteiger partial charge in [0, 0.05) is 30.3 Å². The number of para-hydroxylation sites is 2. The maximum Gasteiger partial charge on any atom is 1.00 e. The van der Waals surface area contributed by atoms with Crippen LogP contribution in [0.25, 0.3) is 44.6 Å². The maximum absolute atomic E-state index is 13.9. The summed E-state index contributed by atoms with van der Waals surface area (Å²) in [6.45, 7) is 0.175. The van der Waals surface area contributed by atoms with Crippen LogP contribution < -0.4 is 112 Å². The van der Waals surface area contributed by atoms with Crippen LogP contribution in [0.15, 0.2) is 107 Å². The number of nitrogens with zero attached hydrogens (tertiary/aromatic N) is 7. The van der Waals surface area contributed by atoms with Gasteiger partial charge in [-0.3, -0.25) is 23.4 Å². The largest absolute Gasteiger partial charge is 1.00 e. The van der Waals surface area contributed by atoms with Crippen molar-refractivity contribution in [3.05, 3.63) is 124 Å². The van der Waals surface area contributed by atoms with Crippen molar-refractivity contribution in [3.8, 4) is 40.0 Å². The van der Waals surface area contributed by atoms with Crippen molar-refractivity contribution in [1.82, 2.24) is 34.1 Å². The molecule has 0 saturated heterocycles. The van der Waals surface area contributed by atoms with E-state index in [4.69, 9.17) is 0 Å². The molecule has 62 heavy (non-hydrogen) atoms. The summed E-state index contributed by atoms with van der Waals surface area (Å²) in [5, 5.41) is 8.82. The van der Waals surface area contributed by atoms with Gasteiger partial charge < -0.3 is 26.2 Å². The molecule has 0 unspecified atom stereocenters. The first-order chi connectivity index (χ1) is 27.9. The second kappa shape index (κ2) is 21.0. The molecule has 27 heteroatoms. The molecule has 0 fully saturated rings. The third kappa shape index (κ3) is 13.0. The van der Waals surface area contributed by atoms with Crippen LogP contribution in [-0.2, 0) is 50.8 Å². The first-order valence-electron chi connectivity index (χ1n) is 17.0. The summed E-state index contributed by atoms with van der Waals surface area (Å²) >= 11 is 0. The molecule has 0 bridgehead atoms. The van der Waals surface area contributed by atoms with Gasteiger partial charge >= 0.3 is 88.7 Å². The molecular formula is C35H26N7Na3O14S3. The van der Waals surface area contributed by atoms with Crippen LogP contribution in [0.5, 0.6) is 17.2 Å². The molecule has 0 atom stereocenters. The van der Waals surface area contributed by atoms with Crippen LogP contribution in [0, 0.1) is 0 Å². The summed E-state index contributed by atoms with van der Waals surface area (Å²) in [7, 11) is -15.8. The van der Waals surface area contributed by atoms with Crippen molar-refractivity contribution >= 4 is 53.0 Å². The van der Waals surface area contributed by atoms with Gasteiger partial charge in [-0.15, -0.1) is 5.10 Å². The molecule has 0 spiro atoms. The molecule has 0 radical (unpaired) electrons. The summed E-state index contributed by atoms with van der Waals surface area (Å²) < 4.78 is 119. The number of unbranched alkanes of at least 4 members (excludes halogenated alkanes) is 1. The van der Waals surface area contributed by atoms with E-state index in [1.165, 1.54) is 45.8 Å². The van der Waals surface area contributed by atoms with Gasteiger partial charge in [0.2, 0.25) is 0 Å². The Morgan fingerprint density at radius 2 is 1.03 bits per heavy atom. The number of aryl methyl sites for hydroxylation is 1. The Labute approximate surface area is 418 Å². The molecule has 7 aromatic rings. The molecule has 0 aliphatic rings. The van der Waals surface area contributed by atoms with E-state index in [2.05, 4.69) is 32.8 Å². The number of fused-ring (bicyclic) bond motifs is 2. The Morgan fingerprint density at radius 3 is 1.60 bits per heavy atom. The van der Waals surface area contributed by atoms with Gasteiger partial charge in [0.15, 0.2) is 0 Å². The smallest absolute Gasteiger partial charge is 0.716 e. The summed E-state index contributed by atoms with van der Waals surface area (Å²) in [4.78, 5) is 36.7. The second-order valence-corrected chi connectivity index (χ2v) is 15.6. The monoisotopic (exact) mass is 933 g/mol. The van der Waals surface area contributed by atoms with Crippen molar-refractivity contribution < 1.29 is 140 Å². The van der Waals surface area contributed by atoms with E-state index in [1.54, 1.807) is 42.5 Å². The zero-order chi connectivity index (χ0) is 42.1. The Hall–Kier alpha value is -3.57. The van der Waals surface area contributed by atoms with Crippen LogP contribution in [0.1, 0.15) is 18.5 Å². The fourth-order valence-corrected chi connectivity index (χ4v) is 7.20. The molecule has 3 aromatic heterocycles. The van der Waals surface area contributed by atoms with Gasteiger partial charge in [0.25, 0.3) is 42.3 Å². The van der Waals surface area contributed by atoms with Gasteiger partial charge in [-0.2, -0.15) is 0 Å². The van der Waals surface area contributed by atoms with E-state index in [-0.39, 0.29) is 153 Å². The number of benzene rings is 4. The fraction of sp³-hybridized carbons (Fsp3) is 0.143. The summed E-state index contributed by atoms with van der Waals surface area (Å²) in [5.41, 5.74) is 0.0215. The Kier molecular flexibility index (Phi) is 17.3. The van der Waals surface area contributed by atoms with E-state index in [0.29, 0.717) is 35.4 Å². The zero-order valence-electron chi connectivity index (χ0n) is 32.8. The summed E-state index contributed by atoms with van der Waals surface area (Å²) in [5.74, 6) is -1.70. The SMILES string of the molecule is O=c1c2ccccc2nc(-c2cccc(OS(=O)(=O)[O-])c2)n1CCCCn1cc(Cn2c(-c3cc(OS(=O)(=O)[O-])cc(OS(=O)(=O)[O-])c3)nc3ccccc3c2=O)nn1.[Na+].[Na+].[Na+]. The normalized spacial score (nSPS) is 11.6. The predicted octanol–water partition coefficient (Wildman–Crippen LogP) is -6.91. The van der Waals surface area contributed by atoms with Gasteiger partial charge in [-0.25, -0.2) is 35.2 Å². The molecule has 7 rings (SSSR count). The Bertz CT molecular complexity index is 3190. The van der Waals surface area contributed by atoms with Gasteiger partial charge in [0.05, 0.1) is 34.5 Å². The van der Waals surface area contributed by atoms with Crippen molar-refractivity contribution in [3.63, 3.8) is 0 Å². The number of hydrogen-bond acceptors (Lipinski definition) is 18. The van der Waals surface area contributed by atoms with Gasteiger partial charge in [-0.05, 0) is 61.4 Å². The van der Waals surface area contributed by atoms with E-state index in [1.807, 2.05) is 0 Å². The quantitative estimate of drug-likeness (QED) is 0.0399. The topological polar surface area (TPSA) is 300 Å². The van der Waals surface area contributed by atoms with Crippen LogP contribution in [0.3, 0.4) is 0 Å². The average molecular weight is 934 g/mol. The summed E-state index contributed by atoms with van der Waals surface area (Å²) in [6.07, 6.45) is 2.40. The van der Waals surface area contributed by atoms with E-state index >= 15 is 0 Å². The third-order valence-corrected chi connectivity index (χ3v) is 9.66. The van der Waals surface area contributed by atoms with Crippen molar-refractivity contribution in [2.45, 2.75) is 32.5 Å².